The van der Waals surface area contributed by atoms with Crippen LogP contribution in [0.15, 0.2) is 66.7 Å². The van der Waals surface area contributed by atoms with Gasteiger partial charge in [0.25, 0.3) is 0 Å². The van der Waals surface area contributed by atoms with Crippen molar-refractivity contribution in [3.05, 3.63) is 78.1 Å². The van der Waals surface area contributed by atoms with Crippen LogP contribution in [-0.4, -0.2) is 48.8 Å². The lowest BCUT2D eigenvalue weighted by atomic mass is 10.1. The summed E-state index contributed by atoms with van der Waals surface area (Å²) in [6.07, 6.45) is 0.690. The number of benzene rings is 3. The van der Waals surface area contributed by atoms with E-state index < -0.39 is 12.6 Å². The number of hydrogen-bond acceptors (Lipinski definition) is 6. The van der Waals surface area contributed by atoms with Crippen molar-refractivity contribution >= 4 is 5.97 Å². The molecule has 0 aliphatic carbocycles. The van der Waals surface area contributed by atoms with Crippen molar-refractivity contribution in [2.24, 2.45) is 0 Å². The molecule has 0 saturated heterocycles. The molecule has 192 valence electrons. The number of ether oxygens (including phenoxy) is 4. The van der Waals surface area contributed by atoms with Crippen LogP contribution in [0.3, 0.4) is 0 Å². The number of hydrogen-bond donors (Lipinski definition) is 1. The summed E-state index contributed by atoms with van der Waals surface area (Å²) < 4.78 is 38.2. The Hall–Kier alpha value is -4.53. The number of aliphatic carboxylic acids is 1. The molecule has 0 bridgehead atoms. The van der Waals surface area contributed by atoms with Crippen LogP contribution in [0.4, 0.5) is 4.39 Å². The molecule has 4 rings (SSSR count). The molecular weight excluding hydrogens is 479 g/mol. The molecule has 1 aromatic heterocycles. The van der Waals surface area contributed by atoms with E-state index in [4.69, 9.17) is 24.0 Å². The second-order valence-electron chi connectivity index (χ2n) is 8.08. The Kier molecular flexibility index (Phi) is 7.92. The first kappa shape index (κ1) is 25.6. The minimum Gasteiger partial charge on any atom is -0.493 e. The maximum Gasteiger partial charge on any atom is 0.341 e. The van der Waals surface area contributed by atoms with Crippen LogP contribution in [0.2, 0.25) is 0 Å². The molecule has 37 heavy (non-hydrogen) atoms. The van der Waals surface area contributed by atoms with Crippen molar-refractivity contribution in [2.45, 2.75) is 13.0 Å². The molecule has 0 aliphatic rings. The minimum atomic E-state index is -1.14. The Bertz CT molecular complexity index is 1390. The van der Waals surface area contributed by atoms with Crippen molar-refractivity contribution in [1.29, 1.82) is 0 Å². The lowest BCUT2D eigenvalue weighted by molar-refractivity contribution is -0.139. The molecule has 4 aromatic rings. The maximum absolute atomic E-state index is 14.2. The molecule has 0 spiro atoms. The highest BCUT2D eigenvalue weighted by atomic mass is 19.1. The third-order valence-electron chi connectivity index (χ3n) is 5.76. The first-order chi connectivity index (χ1) is 17.9. The van der Waals surface area contributed by atoms with Gasteiger partial charge in [0.1, 0.15) is 17.3 Å². The fraction of sp³-hybridized carbons (Fsp3) is 0.214. The largest absolute Gasteiger partial charge is 0.493 e. The van der Waals surface area contributed by atoms with Gasteiger partial charge in [-0.1, -0.05) is 42.5 Å². The number of carboxylic acids is 1. The van der Waals surface area contributed by atoms with Crippen LogP contribution in [0, 0.1) is 5.82 Å². The highest BCUT2D eigenvalue weighted by Crippen LogP contribution is 2.50. The monoisotopic (exact) mass is 506 g/mol. The highest BCUT2D eigenvalue weighted by Gasteiger charge is 2.26. The van der Waals surface area contributed by atoms with Gasteiger partial charge in [0.05, 0.1) is 32.6 Å². The van der Waals surface area contributed by atoms with E-state index in [1.165, 1.54) is 39.5 Å². The van der Waals surface area contributed by atoms with E-state index in [0.29, 0.717) is 47.0 Å². The smallest absolute Gasteiger partial charge is 0.341 e. The molecule has 0 aliphatic heterocycles. The quantitative estimate of drug-likeness (QED) is 0.303. The standard InChI is InChI=1S/C28H27FN2O6/c1-34-24-16-23(37-17-25(32)33)26(28(36-3)27(24)35-2)21-15-22(19-10-7-11-20(29)14-19)31(30-21)13-12-18-8-5-4-6-9-18/h4-11,14-16H,12-13,17H2,1-3H3,(H,32,33). The molecule has 0 unspecified atom stereocenters. The van der Waals surface area contributed by atoms with Crippen molar-refractivity contribution in [1.82, 2.24) is 9.78 Å². The van der Waals surface area contributed by atoms with Gasteiger partial charge in [-0.15, -0.1) is 0 Å². The van der Waals surface area contributed by atoms with Crippen LogP contribution in [-0.2, 0) is 17.8 Å². The van der Waals surface area contributed by atoms with Gasteiger partial charge >= 0.3 is 5.97 Å². The number of methoxy groups -OCH3 is 3. The summed E-state index contributed by atoms with van der Waals surface area (Å²) in [7, 11) is 4.39. The topological polar surface area (TPSA) is 92.0 Å². The van der Waals surface area contributed by atoms with Gasteiger partial charge in [0, 0.05) is 18.2 Å². The Morgan fingerprint density at radius 1 is 0.919 bits per heavy atom. The molecular formula is C28H27FN2O6. The summed E-state index contributed by atoms with van der Waals surface area (Å²) in [6.45, 7) is -0.0755. The summed E-state index contributed by atoms with van der Waals surface area (Å²) in [5.74, 6) is -0.458. The molecule has 1 heterocycles. The Balaban J connectivity index is 1.89. The van der Waals surface area contributed by atoms with Gasteiger partial charge in [0.2, 0.25) is 5.75 Å². The summed E-state index contributed by atoms with van der Waals surface area (Å²) >= 11 is 0. The van der Waals surface area contributed by atoms with E-state index in [-0.39, 0.29) is 17.3 Å². The molecule has 9 heteroatoms. The molecule has 0 radical (unpaired) electrons. The first-order valence-electron chi connectivity index (χ1n) is 11.5. The number of nitrogens with zero attached hydrogens (tertiary/aromatic N) is 2. The van der Waals surface area contributed by atoms with E-state index in [1.807, 2.05) is 30.3 Å². The Morgan fingerprint density at radius 2 is 1.68 bits per heavy atom. The van der Waals surface area contributed by atoms with E-state index in [9.17, 15) is 14.3 Å². The SMILES string of the molecule is COc1cc(OCC(=O)O)c(-c2cc(-c3cccc(F)c3)n(CCc3ccccc3)n2)c(OC)c1OC. The summed E-state index contributed by atoms with van der Waals surface area (Å²) in [5.41, 5.74) is 3.26. The minimum absolute atomic E-state index is 0.190. The third-order valence-corrected chi connectivity index (χ3v) is 5.76. The Morgan fingerprint density at radius 3 is 2.32 bits per heavy atom. The van der Waals surface area contributed by atoms with Crippen molar-refractivity contribution < 1.29 is 33.2 Å². The zero-order chi connectivity index (χ0) is 26.4. The highest BCUT2D eigenvalue weighted by molar-refractivity contribution is 5.83. The summed E-state index contributed by atoms with van der Waals surface area (Å²) in [5, 5.41) is 14.0. The van der Waals surface area contributed by atoms with Gasteiger partial charge in [-0.05, 0) is 30.2 Å². The third kappa shape index (κ3) is 5.66. The molecule has 8 nitrogen and oxygen atoms in total. The number of aromatic nitrogens is 2. The average Bonchev–Trinajstić information content (AvgIpc) is 3.34. The number of carboxylic acid groups (broad SMARTS) is 1. The van der Waals surface area contributed by atoms with Crippen LogP contribution in [0.1, 0.15) is 5.56 Å². The Labute approximate surface area is 213 Å². The molecule has 0 atom stereocenters. The lowest BCUT2D eigenvalue weighted by Crippen LogP contribution is -2.11. The fourth-order valence-corrected chi connectivity index (χ4v) is 4.10. The normalized spacial score (nSPS) is 10.7. The average molecular weight is 507 g/mol. The molecule has 1 N–H and O–H groups in total. The first-order valence-corrected chi connectivity index (χ1v) is 11.5. The fourth-order valence-electron chi connectivity index (χ4n) is 4.10. The molecule has 0 fully saturated rings. The summed E-state index contributed by atoms with van der Waals surface area (Å²) in [4.78, 5) is 11.3. The lowest BCUT2D eigenvalue weighted by Gasteiger charge is -2.18. The van der Waals surface area contributed by atoms with Crippen molar-refractivity contribution in [3.63, 3.8) is 0 Å². The van der Waals surface area contributed by atoms with Gasteiger partial charge in [-0.2, -0.15) is 5.10 Å². The van der Waals surface area contributed by atoms with Crippen molar-refractivity contribution in [3.8, 4) is 45.5 Å². The number of halogens is 1. The number of aryl methyl sites for hydroxylation is 2. The van der Waals surface area contributed by atoms with Crippen LogP contribution in [0.5, 0.6) is 23.0 Å². The van der Waals surface area contributed by atoms with Gasteiger partial charge in [-0.3, -0.25) is 4.68 Å². The van der Waals surface area contributed by atoms with Gasteiger partial charge in [-0.25, -0.2) is 9.18 Å². The van der Waals surface area contributed by atoms with E-state index in [1.54, 1.807) is 22.9 Å². The van der Waals surface area contributed by atoms with Crippen LogP contribution in [0.25, 0.3) is 22.5 Å². The molecule has 0 amide bonds. The van der Waals surface area contributed by atoms with Crippen LogP contribution >= 0.6 is 0 Å². The zero-order valence-corrected chi connectivity index (χ0v) is 20.7. The number of carbonyl (C=O) groups is 1. The predicted octanol–water partition coefficient (Wildman–Crippen LogP) is 5.09. The maximum atomic E-state index is 14.2. The zero-order valence-electron chi connectivity index (χ0n) is 20.7. The number of rotatable bonds is 11. The van der Waals surface area contributed by atoms with E-state index >= 15 is 0 Å². The second-order valence-corrected chi connectivity index (χ2v) is 8.08. The van der Waals surface area contributed by atoms with Crippen molar-refractivity contribution in [2.75, 3.05) is 27.9 Å². The van der Waals surface area contributed by atoms with Crippen LogP contribution < -0.4 is 18.9 Å². The predicted molar refractivity (Wildman–Crippen MR) is 136 cm³/mol. The second kappa shape index (κ2) is 11.5. The van der Waals surface area contributed by atoms with E-state index in [2.05, 4.69) is 0 Å². The molecule has 3 aromatic carbocycles. The summed E-state index contributed by atoms with van der Waals surface area (Å²) in [6, 6.07) is 19.5. The molecule has 0 saturated carbocycles. The van der Waals surface area contributed by atoms with Gasteiger partial charge in [0.15, 0.2) is 18.1 Å². The van der Waals surface area contributed by atoms with E-state index in [0.717, 1.165) is 5.56 Å². The van der Waals surface area contributed by atoms with Gasteiger partial charge < -0.3 is 24.1 Å².